The second-order valence-corrected chi connectivity index (χ2v) is 8.75. The summed E-state index contributed by atoms with van der Waals surface area (Å²) in [6.45, 7) is 9.10. The van der Waals surface area contributed by atoms with Crippen molar-refractivity contribution in [2.75, 3.05) is 0 Å². The number of hydrogen-bond donors (Lipinski definition) is 0. The highest BCUT2D eigenvalue weighted by atomic mass is 15.1. The number of aryl methyl sites for hydroxylation is 2. The van der Waals surface area contributed by atoms with Gasteiger partial charge in [-0.05, 0) is 19.8 Å². The summed E-state index contributed by atoms with van der Waals surface area (Å²) >= 11 is 0. The van der Waals surface area contributed by atoms with E-state index >= 15 is 0 Å². The molecule has 0 saturated carbocycles. The number of aromatic nitrogens is 2. The summed E-state index contributed by atoms with van der Waals surface area (Å²) in [4.78, 5) is 0. The lowest BCUT2D eigenvalue weighted by atomic mass is 10.0. The van der Waals surface area contributed by atoms with E-state index in [4.69, 9.17) is 0 Å². The van der Waals surface area contributed by atoms with Crippen molar-refractivity contribution in [1.29, 1.82) is 0 Å². The Kier molecular flexibility index (Phi) is 16.5. The molecule has 1 heterocycles. The topological polar surface area (TPSA) is 8.81 Å². The van der Waals surface area contributed by atoms with Gasteiger partial charge in [-0.25, -0.2) is 9.13 Å². The third-order valence-electron chi connectivity index (χ3n) is 6.15. The van der Waals surface area contributed by atoms with E-state index in [-0.39, 0.29) is 0 Å². The molecule has 0 bridgehead atoms. The number of unbranched alkanes of at least 4 members (excludes halogenated alkanes) is 15. The van der Waals surface area contributed by atoms with Crippen LogP contribution in [0.25, 0.3) is 0 Å². The Bertz CT molecular complexity index is 449. The number of hydrogen-bond acceptors (Lipinski definition) is 0. The smallest absolute Gasteiger partial charge is 0.235 e. The van der Waals surface area contributed by atoms with Crippen molar-refractivity contribution in [2.45, 2.75) is 149 Å². The maximum Gasteiger partial charge on any atom is 0.256 e. The Morgan fingerprint density at radius 1 is 0.607 bits per heavy atom. The van der Waals surface area contributed by atoms with Crippen LogP contribution in [-0.2, 0) is 19.5 Å². The predicted octanol–water partition coefficient (Wildman–Crippen LogP) is 8.01. The third-order valence-corrected chi connectivity index (χ3v) is 6.15. The molecule has 1 rings (SSSR count). The fourth-order valence-electron chi connectivity index (χ4n) is 4.35. The molecule has 0 N–H and O–H groups in total. The lowest BCUT2D eigenvalue weighted by Crippen LogP contribution is -2.37. The van der Waals surface area contributed by atoms with Crippen LogP contribution in [0.15, 0.2) is 12.4 Å². The molecule has 2 heteroatoms. The lowest BCUT2D eigenvalue weighted by Gasteiger charge is -2.05. The van der Waals surface area contributed by atoms with Crippen molar-refractivity contribution < 1.29 is 4.57 Å². The zero-order valence-electron chi connectivity index (χ0n) is 19.7. The second kappa shape index (κ2) is 18.3. The number of nitrogens with zero attached hydrogens (tertiary/aromatic N) is 2. The summed E-state index contributed by atoms with van der Waals surface area (Å²) in [5.74, 6) is 1.54. The van der Waals surface area contributed by atoms with Gasteiger partial charge in [0.15, 0.2) is 0 Å². The molecule has 1 aromatic heterocycles. The largest absolute Gasteiger partial charge is 0.256 e. The molecule has 0 aliphatic carbocycles. The van der Waals surface area contributed by atoms with E-state index in [9.17, 15) is 0 Å². The van der Waals surface area contributed by atoms with Gasteiger partial charge in [-0.3, -0.25) is 0 Å². The molecule has 164 valence electrons. The highest BCUT2D eigenvalue weighted by molar-refractivity contribution is 4.83. The fourth-order valence-corrected chi connectivity index (χ4v) is 4.35. The molecule has 0 atom stereocenters. The summed E-state index contributed by atoms with van der Waals surface area (Å²) in [7, 11) is 0. The van der Waals surface area contributed by atoms with Crippen LogP contribution in [0.3, 0.4) is 0 Å². The van der Waals surface area contributed by atoms with E-state index in [2.05, 4.69) is 42.3 Å². The molecule has 0 unspecified atom stereocenters. The Morgan fingerprint density at radius 3 is 1.50 bits per heavy atom. The van der Waals surface area contributed by atoms with Gasteiger partial charge >= 0.3 is 0 Å². The van der Waals surface area contributed by atoms with Crippen molar-refractivity contribution in [1.82, 2.24) is 4.57 Å². The Hall–Kier alpha value is -0.790. The summed E-state index contributed by atoms with van der Waals surface area (Å²) in [5, 5.41) is 0. The van der Waals surface area contributed by atoms with Crippen LogP contribution in [0.2, 0.25) is 0 Å². The first-order valence-corrected chi connectivity index (χ1v) is 12.9. The highest BCUT2D eigenvalue weighted by Gasteiger charge is 2.14. The first-order chi connectivity index (χ1) is 13.8. The molecule has 0 aromatic carbocycles. The Labute approximate surface area is 177 Å². The summed E-state index contributed by atoms with van der Waals surface area (Å²) in [5.41, 5.74) is 0. The predicted molar refractivity (Wildman–Crippen MR) is 124 cm³/mol. The van der Waals surface area contributed by atoms with E-state index < -0.39 is 0 Å². The maximum absolute atomic E-state index is 2.47. The minimum absolute atomic E-state index is 1.10. The SMILES string of the molecule is CCCCCCCCCCCCCCCCCCc1n(CC)cc[n+]1CCC. The molecule has 0 fully saturated rings. The minimum atomic E-state index is 1.10. The molecular formula is C26H51N2+. The van der Waals surface area contributed by atoms with E-state index in [1.165, 1.54) is 128 Å². The molecule has 0 aliphatic rings. The second-order valence-electron chi connectivity index (χ2n) is 8.75. The third kappa shape index (κ3) is 11.9. The first-order valence-electron chi connectivity index (χ1n) is 12.9. The van der Waals surface area contributed by atoms with Gasteiger partial charge in [0.1, 0.15) is 12.4 Å². The first kappa shape index (κ1) is 25.2. The van der Waals surface area contributed by atoms with Crippen molar-refractivity contribution in [3.05, 3.63) is 18.2 Å². The van der Waals surface area contributed by atoms with Crippen LogP contribution in [0.4, 0.5) is 0 Å². The van der Waals surface area contributed by atoms with Gasteiger partial charge in [-0.1, -0.05) is 110 Å². The van der Waals surface area contributed by atoms with Crippen molar-refractivity contribution >= 4 is 0 Å². The minimum Gasteiger partial charge on any atom is -0.235 e. The quantitative estimate of drug-likeness (QED) is 0.157. The van der Waals surface area contributed by atoms with Gasteiger partial charge in [0.25, 0.3) is 5.82 Å². The molecule has 0 radical (unpaired) electrons. The van der Waals surface area contributed by atoms with Crippen LogP contribution >= 0.6 is 0 Å². The van der Waals surface area contributed by atoms with Gasteiger partial charge in [-0.15, -0.1) is 0 Å². The molecule has 2 nitrogen and oxygen atoms in total. The van der Waals surface area contributed by atoms with Crippen molar-refractivity contribution in [3.8, 4) is 0 Å². The summed E-state index contributed by atoms with van der Waals surface area (Å²) in [6, 6.07) is 0. The lowest BCUT2D eigenvalue weighted by molar-refractivity contribution is -0.703. The van der Waals surface area contributed by atoms with E-state index in [1.54, 1.807) is 0 Å². The molecule has 1 aromatic rings. The van der Waals surface area contributed by atoms with Gasteiger partial charge in [0, 0.05) is 6.42 Å². The average Bonchev–Trinajstić information content (AvgIpc) is 3.09. The Morgan fingerprint density at radius 2 is 1.07 bits per heavy atom. The summed E-state index contributed by atoms with van der Waals surface area (Å²) in [6.07, 6.45) is 30.1. The zero-order valence-corrected chi connectivity index (χ0v) is 19.7. The van der Waals surface area contributed by atoms with Crippen LogP contribution in [0.1, 0.15) is 136 Å². The Balaban J connectivity index is 1.89. The van der Waals surface area contributed by atoms with Gasteiger partial charge in [0.05, 0.1) is 13.1 Å². The fraction of sp³-hybridized carbons (Fsp3) is 0.885. The molecule has 28 heavy (non-hydrogen) atoms. The van der Waals surface area contributed by atoms with E-state index in [0.717, 1.165) is 6.54 Å². The molecule has 0 aliphatic heterocycles. The van der Waals surface area contributed by atoms with Crippen LogP contribution < -0.4 is 4.57 Å². The van der Waals surface area contributed by atoms with Crippen LogP contribution in [0.5, 0.6) is 0 Å². The zero-order chi connectivity index (χ0) is 20.3. The number of rotatable bonds is 20. The van der Waals surface area contributed by atoms with Crippen LogP contribution in [0, 0.1) is 0 Å². The molecule has 0 spiro atoms. The summed E-state index contributed by atoms with van der Waals surface area (Å²) < 4.78 is 4.90. The van der Waals surface area contributed by atoms with E-state index in [0.29, 0.717) is 0 Å². The maximum atomic E-state index is 2.47. The van der Waals surface area contributed by atoms with Crippen LogP contribution in [-0.4, -0.2) is 4.57 Å². The molecule has 0 saturated heterocycles. The average molecular weight is 392 g/mol. The van der Waals surface area contributed by atoms with Gasteiger partial charge < -0.3 is 0 Å². The number of imidazole rings is 1. The van der Waals surface area contributed by atoms with Gasteiger partial charge in [-0.2, -0.15) is 0 Å². The highest BCUT2D eigenvalue weighted by Crippen LogP contribution is 2.14. The van der Waals surface area contributed by atoms with Gasteiger partial charge in [0.2, 0.25) is 0 Å². The normalized spacial score (nSPS) is 11.4. The van der Waals surface area contributed by atoms with Crippen molar-refractivity contribution in [3.63, 3.8) is 0 Å². The molecule has 0 amide bonds. The standard InChI is InChI=1S/C26H51N2/c1-4-7-8-9-10-11-12-13-14-15-16-17-18-19-20-21-22-26-27(6-3)24-25-28(26)23-5-2/h24-25H,4-23H2,1-3H3/q+1. The van der Waals surface area contributed by atoms with Crippen molar-refractivity contribution in [2.24, 2.45) is 0 Å². The monoisotopic (exact) mass is 391 g/mol. The van der Waals surface area contributed by atoms with E-state index in [1.807, 2.05) is 0 Å². The molecular weight excluding hydrogens is 340 g/mol.